The zero-order valence-electron chi connectivity index (χ0n) is 7.84. The van der Waals surface area contributed by atoms with E-state index in [4.69, 9.17) is 4.74 Å². The molecule has 66 valence electrons. The van der Waals surface area contributed by atoms with Crippen molar-refractivity contribution in [1.82, 2.24) is 0 Å². The molecular weight excluding hydrogens is 148 g/mol. The Morgan fingerprint density at radius 3 is 3.08 bits per heavy atom. The Morgan fingerprint density at radius 2 is 2.33 bits per heavy atom. The van der Waals surface area contributed by atoms with Crippen LogP contribution in [0.15, 0.2) is 24.0 Å². The maximum absolute atomic E-state index is 5.35. The van der Waals surface area contributed by atoms with Gasteiger partial charge in [-0.15, -0.1) is 0 Å². The summed E-state index contributed by atoms with van der Waals surface area (Å²) in [5.74, 6) is 0.622. The van der Waals surface area contributed by atoms with Crippen LogP contribution in [0.3, 0.4) is 0 Å². The van der Waals surface area contributed by atoms with Gasteiger partial charge in [0.1, 0.15) is 0 Å². The molecule has 0 fully saturated rings. The van der Waals surface area contributed by atoms with E-state index in [0.717, 1.165) is 6.61 Å². The topological polar surface area (TPSA) is 9.23 Å². The van der Waals surface area contributed by atoms with Crippen LogP contribution >= 0.6 is 0 Å². The zero-order valence-corrected chi connectivity index (χ0v) is 7.84. The Balaban J connectivity index is 2.30. The van der Waals surface area contributed by atoms with Crippen LogP contribution in [0.5, 0.6) is 0 Å². The lowest BCUT2D eigenvalue weighted by Gasteiger charge is -2.39. The Morgan fingerprint density at radius 1 is 1.50 bits per heavy atom. The van der Waals surface area contributed by atoms with Gasteiger partial charge in [0.15, 0.2) is 0 Å². The van der Waals surface area contributed by atoms with Crippen molar-refractivity contribution >= 4 is 0 Å². The lowest BCUT2D eigenvalue weighted by Crippen LogP contribution is -2.32. The third kappa shape index (κ3) is 1.17. The Labute approximate surface area is 74.1 Å². The molecule has 0 saturated carbocycles. The summed E-state index contributed by atoms with van der Waals surface area (Å²) in [7, 11) is 0. The summed E-state index contributed by atoms with van der Waals surface area (Å²) in [6.07, 6.45) is 8.81. The molecule has 0 amide bonds. The fourth-order valence-corrected chi connectivity index (χ4v) is 2.16. The minimum absolute atomic E-state index is 0.425. The first-order valence-electron chi connectivity index (χ1n) is 4.68. The van der Waals surface area contributed by atoms with Crippen molar-refractivity contribution in [2.75, 3.05) is 6.61 Å². The molecule has 0 bridgehead atoms. The first-order valence-corrected chi connectivity index (χ1v) is 4.68. The minimum Gasteiger partial charge on any atom is -0.501 e. The van der Waals surface area contributed by atoms with Crippen molar-refractivity contribution in [1.29, 1.82) is 0 Å². The molecule has 2 rings (SSSR count). The quantitative estimate of drug-likeness (QED) is 0.535. The monoisotopic (exact) mass is 164 g/mol. The SMILES string of the molecule is CC1(C)CCC=C2C=COCC21. The van der Waals surface area contributed by atoms with E-state index in [9.17, 15) is 0 Å². The number of allylic oxidation sites excluding steroid dienone is 2. The second kappa shape index (κ2) is 2.65. The number of rotatable bonds is 0. The van der Waals surface area contributed by atoms with Gasteiger partial charge in [-0.3, -0.25) is 0 Å². The average Bonchev–Trinajstić information content (AvgIpc) is 2.04. The summed E-state index contributed by atoms with van der Waals surface area (Å²) < 4.78 is 5.35. The molecule has 0 radical (unpaired) electrons. The summed E-state index contributed by atoms with van der Waals surface area (Å²) in [5, 5.41) is 0. The molecule has 1 heterocycles. The van der Waals surface area contributed by atoms with Crippen LogP contribution in [0, 0.1) is 11.3 Å². The molecule has 0 saturated heterocycles. The molecule has 0 aromatic carbocycles. The molecule has 0 spiro atoms. The second-order valence-electron chi connectivity index (χ2n) is 4.42. The van der Waals surface area contributed by atoms with E-state index in [-0.39, 0.29) is 0 Å². The molecule has 1 aliphatic heterocycles. The highest BCUT2D eigenvalue weighted by atomic mass is 16.5. The van der Waals surface area contributed by atoms with Crippen LogP contribution < -0.4 is 0 Å². The van der Waals surface area contributed by atoms with Crippen LogP contribution in [0.1, 0.15) is 26.7 Å². The van der Waals surface area contributed by atoms with E-state index >= 15 is 0 Å². The second-order valence-corrected chi connectivity index (χ2v) is 4.42. The van der Waals surface area contributed by atoms with E-state index in [1.807, 2.05) is 6.26 Å². The summed E-state index contributed by atoms with van der Waals surface area (Å²) in [4.78, 5) is 0. The first-order chi connectivity index (χ1) is 5.70. The van der Waals surface area contributed by atoms with E-state index in [1.54, 1.807) is 0 Å². The molecule has 2 aliphatic rings. The third-order valence-corrected chi connectivity index (χ3v) is 3.13. The van der Waals surface area contributed by atoms with Crippen molar-refractivity contribution in [2.45, 2.75) is 26.7 Å². The smallest absolute Gasteiger partial charge is 0.0946 e. The predicted octanol–water partition coefficient (Wildman–Crippen LogP) is 2.89. The largest absolute Gasteiger partial charge is 0.501 e. The van der Waals surface area contributed by atoms with E-state index in [2.05, 4.69) is 26.0 Å². The molecule has 12 heavy (non-hydrogen) atoms. The lowest BCUT2D eigenvalue weighted by atomic mass is 9.68. The average molecular weight is 164 g/mol. The van der Waals surface area contributed by atoms with Crippen LogP contribution in [0.25, 0.3) is 0 Å². The van der Waals surface area contributed by atoms with Crippen LogP contribution in [-0.2, 0) is 4.74 Å². The fourth-order valence-electron chi connectivity index (χ4n) is 2.16. The van der Waals surface area contributed by atoms with E-state index in [1.165, 1.54) is 18.4 Å². The highest BCUT2D eigenvalue weighted by Crippen LogP contribution is 2.42. The number of ether oxygens (including phenoxy) is 1. The Hall–Kier alpha value is -0.720. The van der Waals surface area contributed by atoms with Gasteiger partial charge in [-0.05, 0) is 29.9 Å². The molecule has 1 atom stereocenters. The van der Waals surface area contributed by atoms with Gasteiger partial charge in [0.2, 0.25) is 0 Å². The summed E-state index contributed by atoms with van der Waals surface area (Å²) in [6.45, 7) is 5.55. The van der Waals surface area contributed by atoms with Crippen molar-refractivity contribution < 1.29 is 4.74 Å². The van der Waals surface area contributed by atoms with Gasteiger partial charge in [0.25, 0.3) is 0 Å². The van der Waals surface area contributed by atoms with Gasteiger partial charge in [0, 0.05) is 5.92 Å². The van der Waals surface area contributed by atoms with Crippen molar-refractivity contribution in [3.05, 3.63) is 24.0 Å². The van der Waals surface area contributed by atoms with Crippen molar-refractivity contribution in [3.63, 3.8) is 0 Å². The summed E-state index contributed by atoms with van der Waals surface area (Å²) >= 11 is 0. The lowest BCUT2D eigenvalue weighted by molar-refractivity contribution is 0.106. The highest BCUT2D eigenvalue weighted by molar-refractivity contribution is 5.27. The third-order valence-electron chi connectivity index (χ3n) is 3.13. The highest BCUT2D eigenvalue weighted by Gasteiger charge is 2.34. The molecule has 1 heteroatoms. The zero-order chi connectivity index (χ0) is 8.60. The fraction of sp³-hybridized carbons (Fsp3) is 0.636. The molecule has 1 unspecified atom stereocenters. The van der Waals surface area contributed by atoms with Gasteiger partial charge in [-0.25, -0.2) is 0 Å². The van der Waals surface area contributed by atoms with Gasteiger partial charge < -0.3 is 4.74 Å². The molecular formula is C11H16O. The van der Waals surface area contributed by atoms with Gasteiger partial charge in [-0.1, -0.05) is 19.9 Å². The molecule has 0 aromatic heterocycles. The van der Waals surface area contributed by atoms with Gasteiger partial charge in [0.05, 0.1) is 12.9 Å². The summed E-state index contributed by atoms with van der Waals surface area (Å²) in [5.41, 5.74) is 1.91. The Bertz CT molecular complexity index is 235. The molecule has 1 aliphatic carbocycles. The summed E-state index contributed by atoms with van der Waals surface area (Å²) in [6, 6.07) is 0. The van der Waals surface area contributed by atoms with E-state index in [0.29, 0.717) is 11.3 Å². The van der Waals surface area contributed by atoms with Crippen LogP contribution in [-0.4, -0.2) is 6.61 Å². The number of fused-ring (bicyclic) bond motifs is 1. The Kier molecular flexibility index (Phi) is 1.75. The molecule has 0 aromatic rings. The number of hydrogen-bond donors (Lipinski definition) is 0. The maximum atomic E-state index is 5.35. The van der Waals surface area contributed by atoms with Crippen LogP contribution in [0.2, 0.25) is 0 Å². The van der Waals surface area contributed by atoms with Crippen molar-refractivity contribution in [3.8, 4) is 0 Å². The maximum Gasteiger partial charge on any atom is 0.0946 e. The molecule has 1 nitrogen and oxygen atoms in total. The predicted molar refractivity (Wildman–Crippen MR) is 49.7 cm³/mol. The standard InChI is InChI=1S/C11H16O/c1-11(2)6-3-4-9-5-7-12-8-10(9)11/h4-5,7,10H,3,6,8H2,1-2H3. The number of hydrogen-bond acceptors (Lipinski definition) is 1. The normalized spacial score (nSPS) is 31.8. The van der Waals surface area contributed by atoms with E-state index < -0.39 is 0 Å². The van der Waals surface area contributed by atoms with Crippen molar-refractivity contribution in [2.24, 2.45) is 11.3 Å². The van der Waals surface area contributed by atoms with Crippen LogP contribution in [0.4, 0.5) is 0 Å². The molecule has 0 N–H and O–H groups in total. The first kappa shape index (κ1) is 7.90. The van der Waals surface area contributed by atoms with Gasteiger partial charge in [-0.2, -0.15) is 0 Å². The van der Waals surface area contributed by atoms with Gasteiger partial charge >= 0.3 is 0 Å². The minimum atomic E-state index is 0.425.